The predicted molar refractivity (Wildman–Crippen MR) is 77.6 cm³/mol. The summed E-state index contributed by atoms with van der Waals surface area (Å²) in [5, 5.41) is 4.32. The number of benzene rings is 2. The third kappa shape index (κ3) is 2.54. The van der Waals surface area contributed by atoms with Gasteiger partial charge in [-0.3, -0.25) is 4.68 Å². The summed E-state index contributed by atoms with van der Waals surface area (Å²) in [4.78, 5) is 0. The second kappa shape index (κ2) is 5.17. The lowest BCUT2D eigenvalue weighted by Crippen LogP contribution is -1.99. The molecular weight excluding hydrogens is 253 g/mol. The highest BCUT2D eigenvalue weighted by molar-refractivity contribution is 5.75. The molecule has 2 N–H and O–H groups in total. The van der Waals surface area contributed by atoms with Crippen LogP contribution in [0.1, 0.15) is 5.56 Å². The Balaban J connectivity index is 1.84. The van der Waals surface area contributed by atoms with Crippen molar-refractivity contribution >= 4 is 5.69 Å². The van der Waals surface area contributed by atoms with E-state index in [9.17, 15) is 4.39 Å². The Bertz CT molecular complexity index is 717. The van der Waals surface area contributed by atoms with E-state index in [-0.39, 0.29) is 5.82 Å². The summed E-state index contributed by atoms with van der Waals surface area (Å²) < 4.78 is 14.7. The van der Waals surface area contributed by atoms with E-state index in [0.717, 1.165) is 22.4 Å². The van der Waals surface area contributed by atoms with Crippen molar-refractivity contribution in [3.63, 3.8) is 0 Å². The number of aromatic nitrogens is 2. The molecule has 0 aliphatic heterocycles. The zero-order valence-electron chi connectivity index (χ0n) is 10.8. The molecule has 4 heteroatoms. The lowest BCUT2D eigenvalue weighted by molar-refractivity contribution is 0.624. The van der Waals surface area contributed by atoms with Crippen molar-refractivity contribution in [1.82, 2.24) is 9.78 Å². The zero-order valence-corrected chi connectivity index (χ0v) is 10.8. The lowest BCUT2D eigenvalue weighted by Gasteiger charge is -2.03. The molecule has 20 heavy (non-hydrogen) atoms. The normalized spacial score (nSPS) is 10.7. The van der Waals surface area contributed by atoms with Gasteiger partial charge in [0.05, 0.1) is 12.7 Å². The first-order chi connectivity index (χ1) is 9.72. The molecule has 3 rings (SSSR count). The van der Waals surface area contributed by atoms with Gasteiger partial charge >= 0.3 is 0 Å². The van der Waals surface area contributed by atoms with Gasteiger partial charge in [0.1, 0.15) is 5.82 Å². The average molecular weight is 267 g/mol. The molecule has 0 atom stereocenters. The van der Waals surface area contributed by atoms with Gasteiger partial charge in [0.15, 0.2) is 0 Å². The number of anilines is 1. The minimum Gasteiger partial charge on any atom is -0.398 e. The topological polar surface area (TPSA) is 43.8 Å². The van der Waals surface area contributed by atoms with Gasteiger partial charge in [0.25, 0.3) is 0 Å². The Morgan fingerprint density at radius 2 is 1.80 bits per heavy atom. The highest BCUT2D eigenvalue weighted by Crippen LogP contribution is 2.24. The first-order valence-electron chi connectivity index (χ1n) is 6.34. The minimum absolute atomic E-state index is 0.230. The number of nitrogens with zero attached hydrogens (tertiary/aromatic N) is 2. The van der Waals surface area contributed by atoms with Crippen LogP contribution in [0, 0.1) is 5.82 Å². The number of para-hydroxylation sites is 1. The van der Waals surface area contributed by atoms with Crippen LogP contribution in [0.15, 0.2) is 60.9 Å². The van der Waals surface area contributed by atoms with Crippen LogP contribution in [0.4, 0.5) is 10.1 Å². The molecule has 0 bridgehead atoms. The maximum absolute atomic E-state index is 12.9. The molecule has 0 aliphatic rings. The third-order valence-corrected chi connectivity index (χ3v) is 3.16. The van der Waals surface area contributed by atoms with Crippen LogP contribution < -0.4 is 5.73 Å². The van der Waals surface area contributed by atoms with Gasteiger partial charge in [-0.05, 0) is 23.8 Å². The predicted octanol–water partition coefficient (Wildman–Crippen LogP) is 3.32. The summed E-state index contributed by atoms with van der Waals surface area (Å²) in [5.74, 6) is -0.230. The van der Waals surface area contributed by atoms with Gasteiger partial charge in [-0.25, -0.2) is 4.39 Å². The SMILES string of the molecule is Nc1ccccc1-c1cnn(Cc2ccc(F)cc2)c1. The van der Waals surface area contributed by atoms with Crippen molar-refractivity contribution in [1.29, 1.82) is 0 Å². The number of halogens is 1. The van der Waals surface area contributed by atoms with E-state index in [1.54, 1.807) is 18.3 Å². The first kappa shape index (κ1) is 12.4. The van der Waals surface area contributed by atoms with Crippen LogP contribution >= 0.6 is 0 Å². The van der Waals surface area contributed by atoms with Crippen molar-refractivity contribution in [3.8, 4) is 11.1 Å². The maximum atomic E-state index is 12.9. The van der Waals surface area contributed by atoms with Gasteiger partial charge in [-0.15, -0.1) is 0 Å². The van der Waals surface area contributed by atoms with Crippen LogP contribution in [0.25, 0.3) is 11.1 Å². The first-order valence-corrected chi connectivity index (χ1v) is 6.34. The molecule has 1 heterocycles. The Hall–Kier alpha value is -2.62. The Morgan fingerprint density at radius 1 is 1.05 bits per heavy atom. The highest BCUT2D eigenvalue weighted by atomic mass is 19.1. The van der Waals surface area contributed by atoms with Crippen molar-refractivity contribution in [2.45, 2.75) is 6.54 Å². The van der Waals surface area contributed by atoms with Gasteiger partial charge < -0.3 is 5.73 Å². The fraction of sp³-hybridized carbons (Fsp3) is 0.0625. The molecule has 2 aromatic carbocycles. The molecule has 0 saturated heterocycles. The molecule has 0 aliphatic carbocycles. The third-order valence-electron chi connectivity index (χ3n) is 3.16. The lowest BCUT2D eigenvalue weighted by atomic mass is 10.1. The second-order valence-electron chi connectivity index (χ2n) is 4.64. The number of hydrogen-bond donors (Lipinski definition) is 1. The van der Waals surface area contributed by atoms with Crippen LogP contribution in [-0.4, -0.2) is 9.78 Å². The molecule has 3 aromatic rings. The standard InChI is InChI=1S/C16H14FN3/c17-14-7-5-12(6-8-14)10-20-11-13(9-19-20)15-3-1-2-4-16(15)18/h1-9,11H,10,18H2. The van der Waals surface area contributed by atoms with Crippen molar-refractivity contribution < 1.29 is 4.39 Å². The van der Waals surface area contributed by atoms with Crippen LogP contribution in [0.3, 0.4) is 0 Å². The Kier molecular flexibility index (Phi) is 3.21. The Labute approximate surface area is 116 Å². The summed E-state index contributed by atoms with van der Waals surface area (Å²) in [6.45, 7) is 0.604. The van der Waals surface area contributed by atoms with E-state index in [4.69, 9.17) is 5.73 Å². The number of hydrogen-bond acceptors (Lipinski definition) is 2. The van der Waals surface area contributed by atoms with Gasteiger partial charge in [0.2, 0.25) is 0 Å². The largest absolute Gasteiger partial charge is 0.398 e. The molecule has 1 aromatic heterocycles. The van der Waals surface area contributed by atoms with Crippen LogP contribution in [0.5, 0.6) is 0 Å². The molecule has 0 spiro atoms. The molecule has 3 nitrogen and oxygen atoms in total. The van der Waals surface area contributed by atoms with Crippen LogP contribution in [-0.2, 0) is 6.54 Å². The summed E-state index contributed by atoms with van der Waals surface area (Å²) in [6.07, 6.45) is 3.73. The number of nitrogens with two attached hydrogens (primary N) is 1. The monoisotopic (exact) mass is 267 g/mol. The summed E-state index contributed by atoms with van der Waals surface area (Å²) in [7, 11) is 0. The minimum atomic E-state index is -0.230. The second-order valence-corrected chi connectivity index (χ2v) is 4.64. The molecule has 0 amide bonds. The van der Waals surface area contributed by atoms with E-state index in [0.29, 0.717) is 6.54 Å². The van der Waals surface area contributed by atoms with Gasteiger partial charge in [-0.2, -0.15) is 5.10 Å². The molecule has 0 saturated carbocycles. The summed E-state index contributed by atoms with van der Waals surface area (Å²) in [5.41, 5.74) is 9.63. The van der Waals surface area contributed by atoms with E-state index in [1.165, 1.54) is 12.1 Å². The molecule has 100 valence electrons. The maximum Gasteiger partial charge on any atom is 0.123 e. The molecule has 0 fully saturated rings. The van der Waals surface area contributed by atoms with E-state index in [2.05, 4.69) is 5.10 Å². The number of nitrogen functional groups attached to an aromatic ring is 1. The number of rotatable bonds is 3. The van der Waals surface area contributed by atoms with E-state index < -0.39 is 0 Å². The molecule has 0 radical (unpaired) electrons. The van der Waals surface area contributed by atoms with Crippen molar-refractivity contribution in [2.75, 3.05) is 5.73 Å². The smallest absolute Gasteiger partial charge is 0.123 e. The van der Waals surface area contributed by atoms with E-state index >= 15 is 0 Å². The fourth-order valence-corrected chi connectivity index (χ4v) is 2.13. The van der Waals surface area contributed by atoms with Crippen LogP contribution in [0.2, 0.25) is 0 Å². The highest BCUT2D eigenvalue weighted by Gasteiger charge is 2.05. The average Bonchev–Trinajstić information content (AvgIpc) is 2.90. The van der Waals surface area contributed by atoms with Gasteiger partial charge in [-0.1, -0.05) is 30.3 Å². The van der Waals surface area contributed by atoms with E-state index in [1.807, 2.05) is 35.1 Å². The van der Waals surface area contributed by atoms with Crippen molar-refractivity contribution in [2.24, 2.45) is 0 Å². The summed E-state index contributed by atoms with van der Waals surface area (Å²) >= 11 is 0. The van der Waals surface area contributed by atoms with Crippen molar-refractivity contribution in [3.05, 3.63) is 72.3 Å². The zero-order chi connectivity index (χ0) is 13.9. The molecule has 0 unspecified atom stereocenters. The fourth-order valence-electron chi connectivity index (χ4n) is 2.13. The van der Waals surface area contributed by atoms with Gasteiger partial charge in [0, 0.05) is 23.0 Å². The quantitative estimate of drug-likeness (QED) is 0.740. The summed E-state index contributed by atoms with van der Waals surface area (Å²) in [6, 6.07) is 14.1. The molecular formula is C16H14FN3. The Morgan fingerprint density at radius 3 is 2.55 bits per heavy atom.